The van der Waals surface area contributed by atoms with Gasteiger partial charge in [0.2, 0.25) is 0 Å². The number of imidazole rings is 1. The van der Waals surface area contributed by atoms with E-state index in [9.17, 15) is 4.79 Å². The SMILES string of the molecule is Nc1ccc(-c2cccc3[nH]c(=O)[nH]c23)cn1. The van der Waals surface area contributed by atoms with Crippen LogP contribution >= 0.6 is 0 Å². The summed E-state index contributed by atoms with van der Waals surface area (Å²) in [5, 5.41) is 0. The zero-order valence-electron chi connectivity index (χ0n) is 8.90. The predicted molar refractivity (Wildman–Crippen MR) is 66.6 cm³/mol. The van der Waals surface area contributed by atoms with Gasteiger partial charge in [0.05, 0.1) is 11.0 Å². The van der Waals surface area contributed by atoms with Crippen LogP contribution in [0.15, 0.2) is 41.3 Å². The van der Waals surface area contributed by atoms with Crippen molar-refractivity contribution >= 4 is 16.9 Å². The Balaban J connectivity index is 2.29. The van der Waals surface area contributed by atoms with Gasteiger partial charge in [-0.3, -0.25) is 0 Å². The second-order valence-electron chi connectivity index (χ2n) is 3.78. The number of aromatic nitrogens is 3. The highest BCUT2D eigenvalue weighted by Crippen LogP contribution is 2.25. The number of nitrogens with two attached hydrogens (primary N) is 1. The number of pyridine rings is 1. The summed E-state index contributed by atoms with van der Waals surface area (Å²) in [6, 6.07) is 9.28. The maximum absolute atomic E-state index is 11.3. The Bertz CT molecular complexity index is 724. The van der Waals surface area contributed by atoms with E-state index in [-0.39, 0.29) is 5.69 Å². The van der Waals surface area contributed by atoms with E-state index in [4.69, 9.17) is 5.73 Å². The van der Waals surface area contributed by atoms with Crippen molar-refractivity contribution in [3.8, 4) is 11.1 Å². The first kappa shape index (κ1) is 9.65. The Labute approximate surface area is 96.3 Å². The summed E-state index contributed by atoms with van der Waals surface area (Å²) in [7, 11) is 0. The molecule has 0 saturated carbocycles. The maximum Gasteiger partial charge on any atom is 0.323 e. The molecule has 3 aromatic rings. The minimum absolute atomic E-state index is 0.212. The smallest absolute Gasteiger partial charge is 0.323 e. The van der Waals surface area contributed by atoms with Gasteiger partial charge in [0, 0.05) is 17.3 Å². The van der Waals surface area contributed by atoms with Crippen LogP contribution in [0, 0.1) is 0 Å². The lowest BCUT2D eigenvalue weighted by Crippen LogP contribution is -1.99. The molecule has 5 nitrogen and oxygen atoms in total. The van der Waals surface area contributed by atoms with Crippen molar-refractivity contribution in [1.29, 1.82) is 0 Å². The number of benzene rings is 1. The molecule has 0 spiro atoms. The van der Waals surface area contributed by atoms with Crippen LogP contribution in [0.2, 0.25) is 0 Å². The number of nitrogens with one attached hydrogen (secondary N) is 2. The Morgan fingerprint density at radius 1 is 1.12 bits per heavy atom. The van der Waals surface area contributed by atoms with Gasteiger partial charge in [-0.25, -0.2) is 9.78 Å². The van der Waals surface area contributed by atoms with E-state index < -0.39 is 0 Å². The summed E-state index contributed by atoms with van der Waals surface area (Å²) in [6.45, 7) is 0. The molecule has 0 aliphatic heterocycles. The second-order valence-corrected chi connectivity index (χ2v) is 3.78. The van der Waals surface area contributed by atoms with Gasteiger partial charge in [-0.1, -0.05) is 12.1 Å². The number of nitrogen functional groups attached to an aromatic ring is 1. The van der Waals surface area contributed by atoms with Crippen LogP contribution in [0.3, 0.4) is 0 Å². The van der Waals surface area contributed by atoms with Crippen LogP contribution in [-0.4, -0.2) is 15.0 Å². The fraction of sp³-hybridized carbons (Fsp3) is 0. The van der Waals surface area contributed by atoms with E-state index in [1.165, 1.54) is 0 Å². The zero-order chi connectivity index (χ0) is 11.8. The molecule has 4 N–H and O–H groups in total. The third kappa shape index (κ3) is 1.57. The predicted octanol–water partition coefficient (Wildman–Crippen LogP) is 1.50. The molecule has 0 unspecified atom stereocenters. The standard InChI is InChI=1S/C12H10N4O/c13-10-5-4-7(6-14-10)8-2-1-3-9-11(8)16-12(17)15-9/h1-6H,(H2,13,14)(H2,15,16,17). The molecule has 2 aromatic heterocycles. The third-order valence-electron chi connectivity index (χ3n) is 2.65. The molecule has 2 heterocycles. The molecule has 1 aromatic carbocycles. The summed E-state index contributed by atoms with van der Waals surface area (Å²) in [4.78, 5) is 20.8. The largest absolute Gasteiger partial charge is 0.384 e. The molecule has 0 atom stereocenters. The minimum Gasteiger partial charge on any atom is -0.384 e. The highest BCUT2D eigenvalue weighted by Gasteiger charge is 2.06. The molecule has 0 aliphatic rings. The van der Waals surface area contributed by atoms with Gasteiger partial charge >= 0.3 is 5.69 Å². The fourth-order valence-corrected chi connectivity index (χ4v) is 1.86. The third-order valence-corrected chi connectivity index (χ3v) is 2.65. The summed E-state index contributed by atoms with van der Waals surface area (Å²) in [5.41, 5.74) is 8.74. The zero-order valence-corrected chi connectivity index (χ0v) is 8.90. The van der Waals surface area contributed by atoms with E-state index in [1.54, 1.807) is 12.3 Å². The van der Waals surface area contributed by atoms with Crippen LogP contribution in [0.1, 0.15) is 0 Å². The number of anilines is 1. The van der Waals surface area contributed by atoms with E-state index in [1.807, 2.05) is 24.3 Å². The number of aromatic amines is 2. The summed E-state index contributed by atoms with van der Waals surface area (Å²) < 4.78 is 0. The lowest BCUT2D eigenvalue weighted by atomic mass is 10.1. The quantitative estimate of drug-likeness (QED) is 0.587. The molecule has 17 heavy (non-hydrogen) atoms. The Hall–Kier alpha value is -2.56. The first-order chi connectivity index (χ1) is 8.24. The highest BCUT2D eigenvalue weighted by atomic mass is 16.1. The Morgan fingerprint density at radius 3 is 2.76 bits per heavy atom. The number of rotatable bonds is 1. The van der Waals surface area contributed by atoms with Crippen LogP contribution in [0.4, 0.5) is 5.82 Å². The normalized spacial score (nSPS) is 10.8. The van der Waals surface area contributed by atoms with E-state index in [0.29, 0.717) is 5.82 Å². The van der Waals surface area contributed by atoms with Gasteiger partial charge in [0.1, 0.15) is 5.82 Å². The van der Waals surface area contributed by atoms with Crippen molar-refractivity contribution < 1.29 is 0 Å². The summed E-state index contributed by atoms with van der Waals surface area (Å²) in [6.07, 6.45) is 1.69. The molecule has 0 amide bonds. The first-order valence-corrected chi connectivity index (χ1v) is 5.17. The van der Waals surface area contributed by atoms with Crippen LogP contribution in [0.5, 0.6) is 0 Å². The molecule has 0 aliphatic carbocycles. The lowest BCUT2D eigenvalue weighted by molar-refractivity contribution is 1.21. The molecule has 0 bridgehead atoms. The van der Waals surface area contributed by atoms with Crippen LogP contribution in [0.25, 0.3) is 22.2 Å². The van der Waals surface area contributed by atoms with Crippen molar-refractivity contribution in [2.45, 2.75) is 0 Å². The van der Waals surface area contributed by atoms with Gasteiger partial charge in [-0.2, -0.15) is 0 Å². The van der Waals surface area contributed by atoms with Crippen molar-refractivity contribution in [1.82, 2.24) is 15.0 Å². The minimum atomic E-state index is -0.212. The number of para-hydroxylation sites is 1. The molecule has 0 fully saturated rings. The lowest BCUT2D eigenvalue weighted by Gasteiger charge is -2.02. The average molecular weight is 226 g/mol. The highest BCUT2D eigenvalue weighted by molar-refractivity contribution is 5.91. The van der Waals surface area contributed by atoms with Gasteiger partial charge in [-0.15, -0.1) is 0 Å². The van der Waals surface area contributed by atoms with Gasteiger partial charge in [0.15, 0.2) is 0 Å². The van der Waals surface area contributed by atoms with Crippen molar-refractivity contribution in [3.63, 3.8) is 0 Å². The Morgan fingerprint density at radius 2 is 2.00 bits per heavy atom. The first-order valence-electron chi connectivity index (χ1n) is 5.17. The number of fused-ring (bicyclic) bond motifs is 1. The van der Waals surface area contributed by atoms with Crippen molar-refractivity contribution in [2.24, 2.45) is 0 Å². The van der Waals surface area contributed by atoms with Crippen LogP contribution < -0.4 is 11.4 Å². The van der Waals surface area contributed by atoms with Crippen LogP contribution in [-0.2, 0) is 0 Å². The summed E-state index contributed by atoms with van der Waals surface area (Å²) in [5.74, 6) is 0.475. The molecule has 3 rings (SSSR count). The average Bonchev–Trinajstić information content (AvgIpc) is 2.70. The number of H-pyrrole nitrogens is 2. The molecule has 84 valence electrons. The molecule has 5 heteroatoms. The Kier molecular flexibility index (Phi) is 1.98. The van der Waals surface area contributed by atoms with Crippen molar-refractivity contribution in [2.75, 3.05) is 5.73 Å². The number of hydrogen-bond acceptors (Lipinski definition) is 3. The monoisotopic (exact) mass is 226 g/mol. The summed E-state index contributed by atoms with van der Waals surface area (Å²) >= 11 is 0. The fourth-order valence-electron chi connectivity index (χ4n) is 1.86. The number of nitrogens with zero attached hydrogens (tertiary/aromatic N) is 1. The topological polar surface area (TPSA) is 87.6 Å². The van der Waals surface area contributed by atoms with Gasteiger partial charge in [-0.05, 0) is 18.2 Å². The molecule has 0 saturated heterocycles. The maximum atomic E-state index is 11.3. The van der Waals surface area contributed by atoms with E-state index >= 15 is 0 Å². The van der Waals surface area contributed by atoms with E-state index in [2.05, 4.69) is 15.0 Å². The van der Waals surface area contributed by atoms with E-state index in [0.717, 1.165) is 22.2 Å². The second kappa shape index (κ2) is 3.48. The molecule has 0 radical (unpaired) electrons. The van der Waals surface area contributed by atoms with Crippen molar-refractivity contribution in [3.05, 3.63) is 47.0 Å². The van der Waals surface area contributed by atoms with Gasteiger partial charge < -0.3 is 15.7 Å². The number of hydrogen-bond donors (Lipinski definition) is 3. The molecular weight excluding hydrogens is 216 g/mol. The molecular formula is C12H10N4O. The van der Waals surface area contributed by atoms with Gasteiger partial charge in [0.25, 0.3) is 0 Å².